The molecule has 0 amide bonds. The standard InChI is InChI=1S/C16H17NO2S/c18-16(19)14-11-17(9-12-5-2-1-3-6-12)10-13(14)15-7-4-8-20-15/h1-8,13-14H,9-11H2,(H,18,19)/t13-,14-/m1/s1. The first-order valence-electron chi connectivity index (χ1n) is 6.76. The van der Waals surface area contributed by atoms with E-state index in [0.29, 0.717) is 6.54 Å². The van der Waals surface area contributed by atoms with Crippen LogP contribution in [-0.4, -0.2) is 29.1 Å². The molecule has 1 saturated heterocycles. The summed E-state index contributed by atoms with van der Waals surface area (Å²) in [5, 5.41) is 11.5. The van der Waals surface area contributed by atoms with E-state index in [1.54, 1.807) is 11.3 Å². The number of carboxylic acid groups (broad SMARTS) is 1. The number of likely N-dealkylation sites (tertiary alicyclic amines) is 1. The first kappa shape index (κ1) is 13.3. The second-order valence-corrected chi connectivity index (χ2v) is 6.23. The van der Waals surface area contributed by atoms with Crippen molar-refractivity contribution in [2.45, 2.75) is 12.5 Å². The number of aliphatic carboxylic acids is 1. The number of thiophene rings is 1. The van der Waals surface area contributed by atoms with Gasteiger partial charge in [0.2, 0.25) is 0 Å². The number of hydrogen-bond acceptors (Lipinski definition) is 3. The minimum absolute atomic E-state index is 0.121. The fourth-order valence-electron chi connectivity index (χ4n) is 2.90. The highest BCUT2D eigenvalue weighted by molar-refractivity contribution is 7.10. The van der Waals surface area contributed by atoms with Gasteiger partial charge in [-0.15, -0.1) is 11.3 Å². The topological polar surface area (TPSA) is 40.5 Å². The lowest BCUT2D eigenvalue weighted by molar-refractivity contribution is -0.141. The predicted octanol–water partition coefficient (Wildman–Crippen LogP) is 3.05. The van der Waals surface area contributed by atoms with Gasteiger partial charge in [-0.1, -0.05) is 36.4 Å². The third kappa shape index (κ3) is 2.76. The largest absolute Gasteiger partial charge is 0.481 e. The van der Waals surface area contributed by atoms with Gasteiger partial charge in [-0.3, -0.25) is 9.69 Å². The SMILES string of the molecule is O=C(O)[C@@H]1CN(Cc2ccccc2)C[C@H]1c1cccs1. The molecule has 0 spiro atoms. The molecule has 0 bridgehead atoms. The highest BCUT2D eigenvalue weighted by Gasteiger charge is 2.38. The molecule has 1 aliphatic rings. The molecule has 1 N–H and O–H groups in total. The van der Waals surface area contributed by atoms with Crippen LogP contribution < -0.4 is 0 Å². The average molecular weight is 287 g/mol. The van der Waals surface area contributed by atoms with Crippen molar-refractivity contribution in [3.8, 4) is 0 Å². The van der Waals surface area contributed by atoms with Crippen LogP contribution in [0.3, 0.4) is 0 Å². The van der Waals surface area contributed by atoms with Crippen LogP contribution in [0.5, 0.6) is 0 Å². The van der Waals surface area contributed by atoms with Crippen molar-refractivity contribution in [1.82, 2.24) is 4.90 Å². The van der Waals surface area contributed by atoms with Crippen LogP contribution in [-0.2, 0) is 11.3 Å². The van der Waals surface area contributed by atoms with E-state index in [-0.39, 0.29) is 11.8 Å². The van der Waals surface area contributed by atoms with Crippen LogP contribution in [0.4, 0.5) is 0 Å². The Bertz CT molecular complexity index is 567. The Hall–Kier alpha value is -1.65. The van der Waals surface area contributed by atoms with Gasteiger partial charge >= 0.3 is 5.97 Å². The van der Waals surface area contributed by atoms with Crippen LogP contribution in [0.15, 0.2) is 47.8 Å². The van der Waals surface area contributed by atoms with E-state index in [0.717, 1.165) is 13.1 Å². The molecule has 2 heterocycles. The number of hydrogen-bond donors (Lipinski definition) is 1. The molecule has 2 aromatic rings. The molecule has 3 nitrogen and oxygen atoms in total. The number of benzene rings is 1. The summed E-state index contributed by atoms with van der Waals surface area (Å²) in [6.07, 6.45) is 0. The number of nitrogens with zero attached hydrogens (tertiary/aromatic N) is 1. The lowest BCUT2D eigenvalue weighted by atomic mass is 9.95. The zero-order valence-electron chi connectivity index (χ0n) is 11.1. The molecule has 0 unspecified atom stereocenters. The third-order valence-corrected chi connectivity index (χ3v) is 4.87. The second-order valence-electron chi connectivity index (χ2n) is 5.25. The molecule has 1 aromatic heterocycles. The molecule has 0 saturated carbocycles. The maximum Gasteiger partial charge on any atom is 0.308 e. The van der Waals surface area contributed by atoms with Crippen molar-refractivity contribution in [2.75, 3.05) is 13.1 Å². The fraction of sp³-hybridized carbons (Fsp3) is 0.312. The van der Waals surface area contributed by atoms with Gasteiger partial charge in [-0.2, -0.15) is 0 Å². The summed E-state index contributed by atoms with van der Waals surface area (Å²) in [7, 11) is 0. The van der Waals surface area contributed by atoms with E-state index in [9.17, 15) is 9.90 Å². The van der Waals surface area contributed by atoms with E-state index in [1.807, 2.05) is 29.6 Å². The molecule has 0 radical (unpaired) electrons. The molecular weight excluding hydrogens is 270 g/mol. The average Bonchev–Trinajstić information content (AvgIpc) is 3.08. The number of rotatable bonds is 4. The molecule has 1 aliphatic heterocycles. The van der Waals surface area contributed by atoms with Gasteiger partial charge in [0, 0.05) is 30.4 Å². The Balaban J connectivity index is 1.75. The highest BCUT2D eigenvalue weighted by atomic mass is 32.1. The smallest absolute Gasteiger partial charge is 0.308 e. The van der Waals surface area contributed by atoms with E-state index >= 15 is 0 Å². The Morgan fingerprint density at radius 1 is 1.20 bits per heavy atom. The molecule has 2 atom stereocenters. The van der Waals surface area contributed by atoms with E-state index < -0.39 is 5.97 Å². The quantitative estimate of drug-likeness (QED) is 0.939. The van der Waals surface area contributed by atoms with Crippen LogP contribution in [0.2, 0.25) is 0 Å². The summed E-state index contributed by atoms with van der Waals surface area (Å²) in [6.45, 7) is 2.28. The summed E-state index contributed by atoms with van der Waals surface area (Å²) in [5.74, 6) is -0.854. The summed E-state index contributed by atoms with van der Waals surface area (Å²) in [4.78, 5) is 14.9. The van der Waals surface area contributed by atoms with E-state index in [2.05, 4.69) is 23.1 Å². The van der Waals surface area contributed by atoms with Crippen molar-refractivity contribution < 1.29 is 9.90 Å². The summed E-state index contributed by atoms with van der Waals surface area (Å²) in [5.41, 5.74) is 1.24. The van der Waals surface area contributed by atoms with Gasteiger partial charge in [-0.05, 0) is 17.0 Å². The van der Waals surface area contributed by atoms with Crippen molar-refractivity contribution in [3.63, 3.8) is 0 Å². The summed E-state index contributed by atoms with van der Waals surface area (Å²) >= 11 is 1.66. The first-order chi connectivity index (χ1) is 9.74. The first-order valence-corrected chi connectivity index (χ1v) is 7.64. The van der Waals surface area contributed by atoms with Crippen molar-refractivity contribution in [2.24, 2.45) is 5.92 Å². The summed E-state index contributed by atoms with van der Waals surface area (Å²) < 4.78 is 0. The minimum Gasteiger partial charge on any atom is -0.481 e. The van der Waals surface area contributed by atoms with Gasteiger partial charge in [-0.25, -0.2) is 0 Å². The van der Waals surface area contributed by atoms with Crippen LogP contribution >= 0.6 is 11.3 Å². The Labute approximate surface area is 122 Å². The van der Waals surface area contributed by atoms with Crippen LogP contribution in [0.25, 0.3) is 0 Å². The second kappa shape index (κ2) is 5.77. The van der Waals surface area contributed by atoms with Gasteiger partial charge in [0.15, 0.2) is 0 Å². The van der Waals surface area contributed by atoms with E-state index in [1.165, 1.54) is 10.4 Å². The molecule has 104 valence electrons. The normalized spacial score (nSPS) is 23.0. The molecular formula is C16H17NO2S. The molecule has 3 rings (SSSR count). The predicted molar refractivity (Wildman–Crippen MR) is 79.9 cm³/mol. The van der Waals surface area contributed by atoms with Crippen molar-refractivity contribution in [3.05, 3.63) is 58.3 Å². The van der Waals surface area contributed by atoms with Gasteiger partial charge < -0.3 is 5.11 Å². The van der Waals surface area contributed by atoms with Crippen LogP contribution in [0.1, 0.15) is 16.4 Å². The molecule has 4 heteroatoms. The summed E-state index contributed by atoms with van der Waals surface area (Å²) in [6, 6.07) is 14.3. The number of carboxylic acids is 1. The monoisotopic (exact) mass is 287 g/mol. The van der Waals surface area contributed by atoms with Gasteiger partial charge in [0.1, 0.15) is 0 Å². The van der Waals surface area contributed by atoms with Crippen molar-refractivity contribution in [1.29, 1.82) is 0 Å². The maximum atomic E-state index is 11.5. The Morgan fingerprint density at radius 2 is 2.00 bits per heavy atom. The minimum atomic E-state index is -0.682. The lowest BCUT2D eigenvalue weighted by Crippen LogP contribution is -2.23. The molecule has 20 heavy (non-hydrogen) atoms. The fourth-order valence-corrected chi connectivity index (χ4v) is 3.78. The van der Waals surface area contributed by atoms with E-state index in [4.69, 9.17) is 0 Å². The van der Waals surface area contributed by atoms with Crippen molar-refractivity contribution >= 4 is 17.3 Å². The highest BCUT2D eigenvalue weighted by Crippen LogP contribution is 2.35. The molecule has 1 aromatic carbocycles. The zero-order valence-corrected chi connectivity index (χ0v) is 11.9. The Morgan fingerprint density at radius 3 is 2.65 bits per heavy atom. The Kier molecular flexibility index (Phi) is 3.85. The lowest BCUT2D eigenvalue weighted by Gasteiger charge is -2.15. The van der Waals surface area contributed by atoms with Gasteiger partial charge in [0.25, 0.3) is 0 Å². The third-order valence-electron chi connectivity index (χ3n) is 3.87. The zero-order chi connectivity index (χ0) is 13.9. The van der Waals surface area contributed by atoms with Gasteiger partial charge in [0.05, 0.1) is 5.92 Å². The van der Waals surface area contributed by atoms with Crippen LogP contribution in [0, 0.1) is 5.92 Å². The molecule has 0 aliphatic carbocycles. The maximum absolute atomic E-state index is 11.5. The number of carbonyl (C=O) groups is 1. The molecule has 1 fully saturated rings.